The van der Waals surface area contributed by atoms with E-state index in [0.29, 0.717) is 23.8 Å². The molecular weight excluding hydrogens is 453 g/mol. The van der Waals surface area contributed by atoms with Crippen molar-refractivity contribution in [2.24, 2.45) is 5.92 Å². The first kappa shape index (κ1) is 26.7. The maximum absolute atomic E-state index is 12.7. The van der Waals surface area contributed by atoms with Crippen molar-refractivity contribution in [3.8, 4) is 11.5 Å². The average Bonchev–Trinajstić information content (AvgIpc) is 2.80. The largest absolute Gasteiger partial charge is 0.493 e. The van der Waals surface area contributed by atoms with Gasteiger partial charge in [0, 0.05) is 12.1 Å². The molecule has 0 unspecified atom stereocenters. The van der Waals surface area contributed by atoms with E-state index in [9.17, 15) is 22.8 Å². The van der Waals surface area contributed by atoms with Crippen molar-refractivity contribution >= 4 is 17.9 Å². The van der Waals surface area contributed by atoms with Gasteiger partial charge in [0.25, 0.3) is 11.8 Å². The molecule has 0 aliphatic rings. The second kappa shape index (κ2) is 12.6. The molecule has 0 fully saturated rings. The van der Waals surface area contributed by atoms with Crippen LogP contribution in [0.3, 0.4) is 0 Å². The van der Waals surface area contributed by atoms with Crippen molar-refractivity contribution < 1.29 is 37.3 Å². The third kappa shape index (κ3) is 9.53. The lowest BCUT2D eigenvalue weighted by Gasteiger charge is -2.12. The van der Waals surface area contributed by atoms with Gasteiger partial charge in [-0.1, -0.05) is 26.0 Å². The Bertz CT molecular complexity index is 972. The van der Waals surface area contributed by atoms with Crippen molar-refractivity contribution in [2.45, 2.75) is 20.0 Å². The van der Waals surface area contributed by atoms with E-state index in [1.807, 2.05) is 13.8 Å². The number of amides is 2. The lowest BCUT2D eigenvalue weighted by atomic mass is 10.1. The summed E-state index contributed by atoms with van der Waals surface area (Å²) in [6.45, 7) is 2.81. The minimum Gasteiger partial charge on any atom is -0.493 e. The second-order valence-electron chi connectivity index (χ2n) is 7.69. The quantitative estimate of drug-likeness (QED) is 0.428. The van der Waals surface area contributed by atoms with Gasteiger partial charge in [-0.25, -0.2) is 0 Å². The normalized spacial score (nSPS) is 11.8. The second-order valence-corrected chi connectivity index (χ2v) is 7.69. The van der Waals surface area contributed by atoms with E-state index in [1.54, 1.807) is 24.3 Å². The maximum atomic E-state index is 12.7. The van der Waals surface area contributed by atoms with Gasteiger partial charge in [-0.05, 0) is 54.0 Å². The average molecular weight is 480 g/mol. The molecule has 7 nitrogen and oxygen atoms in total. The molecule has 34 heavy (non-hydrogen) atoms. The number of rotatable bonds is 11. The van der Waals surface area contributed by atoms with Crippen LogP contribution in [0.15, 0.2) is 54.2 Å². The molecule has 2 aromatic carbocycles. The molecule has 2 rings (SSSR count). The zero-order valence-corrected chi connectivity index (χ0v) is 18.8. The van der Waals surface area contributed by atoms with Gasteiger partial charge < -0.3 is 25.2 Å². The molecule has 0 saturated carbocycles. The van der Waals surface area contributed by atoms with E-state index >= 15 is 0 Å². The molecule has 0 aliphatic carbocycles. The van der Waals surface area contributed by atoms with Crippen LogP contribution >= 0.6 is 0 Å². The molecule has 0 aliphatic heterocycles. The van der Waals surface area contributed by atoms with Crippen LogP contribution in [0.2, 0.25) is 0 Å². The van der Waals surface area contributed by atoms with Crippen LogP contribution in [0, 0.1) is 5.92 Å². The number of carbonyl (C=O) groups excluding carboxylic acids is 2. The first-order valence-corrected chi connectivity index (χ1v) is 10.5. The van der Waals surface area contributed by atoms with Crippen LogP contribution in [0.5, 0.6) is 11.5 Å². The minimum absolute atomic E-state index is 0.00423. The number of hydrogen-bond acceptors (Lipinski definition) is 5. The Morgan fingerprint density at radius 1 is 1.00 bits per heavy atom. The highest BCUT2D eigenvalue weighted by Gasteiger charge is 2.28. The molecule has 0 radical (unpaired) electrons. The Labute approximate surface area is 195 Å². The number of ether oxygens (including phenoxy) is 2. The van der Waals surface area contributed by atoms with Crippen LogP contribution < -0.4 is 20.1 Å². The summed E-state index contributed by atoms with van der Waals surface area (Å²) in [7, 11) is 0. The summed E-state index contributed by atoms with van der Waals surface area (Å²) in [6.07, 6.45) is -3.10. The molecule has 0 heterocycles. The number of alkyl halides is 3. The van der Waals surface area contributed by atoms with Gasteiger partial charge in [0.05, 0.1) is 13.2 Å². The fourth-order valence-corrected chi connectivity index (χ4v) is 2.58. The third-order valence-electron chi connectivity index (χ3n) is 4.18. The summed E-state index contributed by atoms with van der Waals surface area (Å²) >= 11 is 0. The fourth-order valence-electron chi connectivity index (χ4n) is 2.58. The summed E-state index contributed by atoms with van der Waals surface area (Å²) in [5, 5.41) is 13.9. The number of hydrogen-bond donors (Lipinski definition) is 3. The summed E-state index contributed by atoms with van der Waals surface area (Å²) in [6, 6.07) is 11.9. The Kier molecular flexibility index (Phi) is 9.93. The van der Waals surface area contributed by atoms with Gasteiger partial charge in [-0.15, -0.1) is 0 Å². The van der Waals surface area contributed by atoms with Crippen LogP contribution in [-0.2, 0) is 4.79 Å². The molecular formula is C24H27F3N2O5. The molecule has 0 saturated heterocycles. The van der Waals surface area contributed by atoms with Gasteiger partial charge in [0.15, 0.2) is 6.61 Å². The van der Waals surface area contributed by atoms with Crippen molar-refractivity contribution in [1.82, 2.24) is 10.6 Å². The van der Waals surface area contributed by atoms with Crippen LogP contribution in [0.1, 0.15) is 29.8 Å². The van der Waals surface area contributed by atoms with E-state index < -0.39 is 24.6 Å². The van der Waals surface area contributed by atoms with Gasteiger partial charge in [0.1, 0.15) is 17.2 Å². The predicted octanol–water partition coefficient (Wildman–Crippen LogP) is 3.54. The SMILES string of the molecule is CC(C)COc1ccc(C(=O)N/C(=C/c2ccc(OCC(F)(F)F)cc2)C(=O)NCCO)cc1. The molecule has 10 heteroatoms. The van der Waals surface area contributed by atoms with E-state index in [2.05, 4.69) is 15.4 Å². The van der Waals surface area contributed by atoms with E-state index in [1.165, 1.54) is 30.3 Å². The zero-order valence-electron chi connectivity index (χ0n) is 18.8. The Morgan fingerprint density at radius 3 is 2.15 bits per heavy atom. The van der Waals surface area contributed by atoms with Crippen LogP contribution in [0.4, 0.5) is 13.2 Å². The molecule has 0 bridgehead atoms. The number of benzene rings is 2. The molecule has 0 spiro atoms. The molecule has 184 valence electrons. The molecule has 0 aromatic heterocycles. The zero-order chi connectivity index (χ0) is 25.1. The number of halogens is 3. The van der Waals surface area contributed by atoms with Gasteiger partial charge in [0.2, 0.25) is 0 Å². The number of aliphatic hydroxyl groups is 1. The van der Waals surface area contributed by atoms with Crippen molar-refractivity contribution in [1.29, 1.82) is 0 Å². The highest BCUT2D eigenvalue weighted by Crippen LogP contribution is 2.20. The number of carbonyl (C=O) groups is 2. The molecule has 2 amide bonds. The summed E-state index contributed by atoms with van der Waals surface area (Å²) < 4.78 is 47.1. The van der Waals surface area contributed by atoms with Gasteiger partial charge >= 0.3 is 6.18 Å². The number of aliphatic hydroxyl groups excluding tert-OH is 1. The first-order valence-electron chi connectivity index (χ1n) is 10.5. The Morgan fingerprint density at radius 2 is 1.59 bits per heavy atom. The Hall–Kier alpha value is -3.53. The highest BCUT2D eigenvalue weighted by atomic mass is 19.4. The van der Waals surface area contributed by atoms with E-state index in [0.717, 1.165) is 0 Å². The molecule has 2 aromatic rings. The predicted molar refractivity (Wildman–Crippen MR) is 120 cm³/mol. The fraction of sp³-hybridized carbons (Fsp3) is 0.333. The summed E-state index contributed by atoms with van der Waals surface area (Å²) in [4.78, 5) is 25.2. The van der Waals surface area contributed by atoms with Crippen molar-refractivity contribution in [2.75, 3.05) is 26.4 Å². The van der Waals surface area contributed by atoms with Crippen molar-refractivity contribution in [3.63, 3.8) is 0 Å². The maximum Gasteiger partial charge on any atom is 0.422 e. The van der Waals surface area contributed by atoms with Crippen molar-refractivity contribution in [3.05, 3.63) is 65.4 Å². The Balaban J connectivity index is 2.15. The third-order valence-corrected chi connectivity index (χ3v) is 4.18. The monoisotopic (exact) mass is 480 g/mol. The highest BCUT2D eigenvalue weighted by molar-refractivity contribution is 6.05. The lowest BCUT2D eigenvalue weighted by Crippen LogP contribution is -2.36. The van der Waals surface area contributed by atoms with Crippen LogP contribution in [0.25, 0.3) is 6.08 Å². The summed E-state index contributed by atoms with van der Waals surface area (Å²) in [5.41, 5.74) is 0.613. The van der Waals surface area contributed by atoms with Crippen LogP contribution in [-0.4, -0.2) is 49.5 Å². The lowest BCUT2D eigenvalue weighted by molar-refractivity contribution is -0.153. The summed E-state index contributed by atoms with van der Waals surface area (Å²) in [5.74, 6) is -0.236. The topological polar surface area (TPSA) is 96.9 Å². The van der Waals surface area contributed by atoms with E-state index in [-0.39, 0.29) is 30.2 Å². The minimum atomic E-state index is -4.46. The number of nitrogens with one attached hydrogen (secondary N) is 2. The van der Waals surface area contributed by atoms with E-state index in [4.69, 9.17) is 9.84 Å². The van der Waals surface area contributed by atoms with Gasteiger partial charge in [-0.3, -0.25) is 9.59 Å². The standard InChI is InChI=1S/C24H27F3N2O5/c1-16(2)14-33-19-9-5-18(6-10-19)22(31)29-21(23(32)28-11-12-30)13-17-3-7-20(8-4-17)34-15-24(25,26)27/h3-10,13,16,30H,11-12,14-15H2,1-2H3,(H,28,32)(H,29,31)/b21-13+. The molecule has 3 N–H and O–H groups in total. The molecule has 0 atom stereocenters. The smallest absolute Gasteiger partial charge is 0.422 e. The first-order chi connectivity index (χ1) is 16.1. The van der Waals surface area contributed by atoms with Gasteiger partial charge in [-0.2, -0.15) is 13.2 Å².